The maximum Gasteiger partial charge on any atom is 0.351 e. The SMILES string of the molecule is Cn1c(=O)c(C(=O)N2CCN(c3ccccc3F)CC2)nn(-c2ccc(F)cc2)c1=O. The quantitative estimate of drug-likeness (QED) is 0.627. The lowest BCUT2D eigenvalue weighted by Crippen LogP contribution is -2.51. The van der Waals surface area contributed by atoms with Gasteiger partial charge in [-0.15, -0.1) is 0 Å². The van der Waals surface area contributed by atoms with Crippen LogP contribution >= 0.6 is 0 Å². The fourth-order valence-electron chi connectivity index (χ4n) is 3.47. The lowest BCUT2D eigenvalue weighted by Gasteiger charge is -2.36. The summed E-state index contributed by atoms with van der Waals surface area (Å²) < 4.78 is 28.9. The molecule has 0 atom stereocenters. The van der Waals surface area contributed by atoms with Crippen molar-refractivity contribution in [1.29, 1.82) is 0 Å². The number of hydrogen-bond acceptors (Lipinski definition) is 5. The first-order valence-electron chi connectivity index (χ1n) is 9.62. The molecule has 3 aromatic rings. The summed E-state index contributed by atoms with van der Waals surface area (Å²) >= 11 is 0. The number of aromatic nitrogens is 3. The number of carbonyl (C=O) groups is 1. The van der Waals surface area contributed by atoms with E-state index < -0.39 is 28.7 Å². The normalized spacial score (nSPS) is 14.0. The molecule has 1 aliphatic rings. The Kier molecular flexibility index (Phi) is 5.37. The maximum absolute atomic E-state index is 14.0. The summed E-state index contributed by atoms with van der Waals surface area (Å²) in [6.07, 6.45) is 0. The van der Waals surface area contributed by atoms with E-state index in [1.165, 1.54) is 30.1 Å². The highest BCUT2D eigenvalue weighted by molar-refractivity contribution is 5.92. The van der Waals surface area contributed by atoms with Crippen molar-refractivity contribution in [3.05, 3.63) is 86.7 Å². The Balaban J connectivity index is 1.61. The van der Waals surface area contributed by atoms with Gasteiger partial charge in [0.15, 0.2) is 0 Å². The van der Waals surface area contributed by atoms with Crippen LogP contribution in [0, 0.1) is 11.6 Å². The number of rotatable bonds is 3. The number of piperazine rings is 1. The van der Waals surface area contributed by atoms with Gasteiger partial charge in [0.05, 0.1) is 11.4 Å². The first-order valence-corrected chi connectivity index (χ1v) is 9.62. The highest BCUT2D eigenvalue weighted by atomic mass is 19.1. The highest BCUT2D eigenvalue weighted by Crippen LogP contribution is 2.20. The van der Waals surface area contributed by atoms with Gasteiger partial charge in [0.1, 0.15) is 11.6 Å². The zero-order chi connectivity index (χ0) is 22.1. The summed E-state index contributed by atoms with van der Waals surface area (Å²) in [7, 11) is 1.25. The molecule has 10 heteroatoms. The number of nitrogens with zero attached hydrogens (tertiary/aromatic N) is 5. The van der Waals surface area contributed by atoms with Crippen LogP contribution in [0.5, 0.6) is 0 Å². The molecule has 1 amide bonds. The molecule has 1 aromatic heterocycles. The third-order valence-electron chi connectivity index (χ3n) is 5.21. The summed E-state index contributed by atoms with van der Waals surface area (Å²) in [6.45, 7) is 1.27. The number of anilines is 1. The summed E-state index contributed by atoms with van der Waals surface area (Å²) in [4.78, 5) is 41.3. The van der Waals surface area contributed by atoms with E-state index in [4.69, 9.17) is 0 Å². The van der Waals surface area contributed by atoms with Crippen LogP contribution in [0.4, 0.5) is 14.5 Å². The number of amides is 1. The van der Waals surface area contributed by atoms with Crippen molar-refractivity contribution in [3.63, 3.8) is 0 Å². The first-order chi connectivity index (χ1) is 14.9. The Morgan fingerprint density at radius 3 is 2.23 bits per heavy atom. The van der Waals surface area contributed by atoms with Crippen LogP contribution in [-0.2, 0) is 7.05 Å². The van der Waals surface area contributed by atoms with Gasteiger partial charge >= 0.3 is 5.69 Å². The van der Waals surface area contributed by atoms with Gasteiger partial charge in [-0.2, -0.15) is 9.78 Å². The summed E-state index contributed by atoms with van der Waals surface area (Å²) in [5, 5.41) is 3.98. The van der Waals surface area contributed by atoms with E-state index in [9.17, 15) is 23.2 Å². The monoisotopic (exact) mass is 427 g/mol. The zero-order valence-corrected chi connectivity index (χ0v) is 16.7. The van der Waals surface area contributed by atoms with Gasteiger partial charge < -0.3 is 9.80 Å². The van der Waals surface area contributed by atoms with Gasteiger partial charge in [-0.1, -0.05) is 12.1 Å². The third-order valence-corrected chi connectivity index (χ3v) is 5.21. The van der Waals surface area contributed by atoms with Crippen molar-refractivity contribution >= 4 is 11.6 Å². The zero-order valence-electron chi connectivity index (χ0n) is 16.7. The van der Waals surface area contributed by atoms with Crippen molar-refractivity contribution in [2.75, 3.05) is 31.1 Å². The molecule has 1 saturated heterocycles. The minimum absolute atomic E-state index is 0.223. The van der Waals surface area contributed by atoms with E-state index in [-0.39, 0.29) is 24.6 Å². The largest absolute Gasteiger partial charge is 0.366 e. The standard InChI is InChI=1S/C21H19F2N5O3/c1-25-19(29)18(24-28(21(25)31)15-8-6-14(22)7-9-15)20(30)27-12-10-26(11-13-27)17-5-3-2-4-16(17)23/h2-9H,10-13H2,1H3. The first kappa shape index (κ1) is 20.5. The topological polar surface area (TPSA) is 80.4 Å². The number of carbonyl (C=O) groups excluding carboxylic acids is 1. The second-order valence-corrected chi connectivity index (χ2v) is 7.11. The molecule has 1 fully saturated rings. The molecular weight excluding hydrogens is 408 g/mol. The fraction of sp³-hybridized carbons (Fsp3) is 0.238. The van der Waals surface area contributed by atoms with E-state index >= 15 is 0 Å². The minimum Gasteiger partial charge on any atom is -0.366 e. The molecule has 1 aliphatic heterocycles. The molecule has 0 spiro atoms. The molecule has 0 unspecified atom stereocenters. The van der Waals surface area contributed by atoms with Crippen molar-refractivity contribution in [2.45, 2.75) is 0 Å². The predicted molar refractivity (Wildman–Crippen MR) is 110 cm³/mol. The van der Waals surface area contributed by atoms with Gasteiger partial charge in [-0.25, -0.2) is 13.6 Å². The number of halogens is 2. The van der Waals surface area contributed by atoms with Crippen molar-refractivity contribution in [1.82, 2.24) is 19.2 Å². The minimum atomic E-state index is -0.815. The van der Waals surface area contributed by atoms with E-state index in [2.05, 4.69) is 5.10 Å². The smallest absolute Gasteiger partial charge is 0.351 e. The van der Waals surface area contributed by atoms with Crippen LogP contribution in [0.1, 0.15) is 10.5 Å². The Bertz CT molecular complexity index is 1250. The van der Waals surface area contributed by atoms with Crippen LogP contribution in [0.15, 0.2) is 58.1 Å². The maximum atomic E-state index is 14.0. The van der Waals surface area contributed by atoms with Crippen LogP contribution in [0.2, 0.25) is 0 Å². The van der Waals surface area contributed by atoms with Crippen LogP contribution in [0.3, 0.4) is 0 Å². The molecule has 0 bridgehead atoms. The van der Waals surface area contributed by atoms with Gasteiger partial charge in [0.25, 0.3) is 11.5 Å². The summed E-state index contributed by atoms with van der Waals surface area (Å²) in [6, 6.07) is 11.3. The van der Waals surface area contributed by atoms with Gasteiger partial charge in [-0.3, -0.25) is 14.2 Å². The van der Waals surface area contributed by atoms with Crippen LogP contribution in [0.25, 0.3) is 5.69 Å². The average molecular weight is 427 g/mol. The number of benzene rings is 2. The molecular formula is C21H19F2N5O3. The molecule has 31 heavy (non-hydrogen) atoms. The molecule has 160 valence electrons. The second-order valence-electron chi connectivity index (χ2n) is 7.11. The Labute approximate surface area is 175 Å². The van der Waals surface area contributed by atoms with Crippen molar-refractivity contribution in [2.24, 2.45) is 7.05 Å². The van der Waals surface area contributed by atoms with Crippen molar-refractivity contribution < 1.29 is 13.6 Å². The molecule has 0 saturated carbocycles. The Morgan fingerprint density at radius 1 is 0.935 bits per heavy atom. The van der Waals surface area contributed by atoms with E-state index in [0.29, 0.717) is 18.8 Å². The van der Waals surface area contributed by atoms with Crippen molar-refractivity contribution in [3.8, 4) is 5.69 Å². The Morgan fingerprint density at radius 2 is 1.58 bits per heavy atom. The fourth-order valence-corrected chi connectivity index (χ4v) is 3.47. The van der Waals surface area contributed by atoms with E-state index in [1.54, 1.807) is 18.2 Å². The lowest BCUT2D eigenvalue weighted by molar-refractivity contribution is 0.0735. The Hall–Kier alpha value is -3.82. The van der Waals surface area contributed by atoms with Gasteiger partial charge in [-0.05, 0) is 36.4 Å². The third kappa shape index (κ3) is 3.83. The molecule has 4 rings (SSSR count). The highest BCUT2D eigenvalue weighted by Gasteiger charge is 2.27. The molecule has 8 nitrogen and oxygen atoms in total. The molecule has 2 aromatic carbocycles. The van der Waals surface area contributed by atoms with Gasteiger partial charge in [0, 0.05) is 33.2 Å². The van der Waals surface area contributed by atoms with Crippen LogP contribution < -0.4 is 16.1 Å². The summed E-state index contributed by atoms with van der Waals surface area (Å²) in [5.74, 6) is -1.46. The van der Waals surface area contributed by atoms with Crippen LogP contribution in [-0.4, -0.2) is 51.3 Å². The molecule has 0 aliphatic carbocycles. The number of hydrogen-bond donors (Lipinski definition) is 0. The molecule has 0 N–H and O–H groups in total. The second kappa shape index (κ2) is 8.13. The lowest BCUT2D eigenvalue weighted by atomic mass is 10.2. The number of para-hydroxylation sites is 1. The summed E-state index contributed by atoms with van der Waals surface area (Å²) in [5.41, 5.74) is -1.30. The molecule has 2 heterocycles. The van der Waals surface area contributed by atoms with Gasteiger partial charge in [0.2, 0.25) is 5.69 Å². The predicted octanol–water partition coefficient (Wildman–Crippen LogP) is 1.17. The molecule has 0 radical (unpaired) electrons. The van der Waals surface area contributed by atoms with E-state index in [1.807, 2.05) is 4.90 Å². The van der Waals surface area contributed by atoms with E-state index in [0.717, 1.165) is 21.4 Å². The average Bonchev–Trinajstić information content (AvgIpc) is 2.79.